The van der Waals surface area contributed by atoms with Gasteiger partial charge in [-0.05, 0) is 119 Å². The van der Waals surface area contributed by atoms with Gasteiger partial charge in [-0.1, -0.05) is 164 Å². The normalized spacial score (nSPS) is 11.8. The third-order valence-corrected chi connectivity index (χ3v) is 12.0. The Kier molecular flexibility index (Phi) is 7.26. The van der Waals surface area contributed by atoms with E-state index in [0.717, 1.165) is 50.1 Å². The Labute approximate surface area is 335 Å². The largest absolute Gasteiger partial charge is 0.455 e. The summed E-state index contributed by atoms with van der Waals surface area (Å²) in [5.41, 5.74) is 9.60. The second-order valence-corrected chi connectivity index (χ2v) is 15.2. The zero-order valence-corrected chi connectivity index (χ0v) is 31.6. The van der Waals surface area contributed by atoms with Gasteiger partial charge >= 0.3 is 0 Å². The molecule has 11 aromatic carbocycles. The first kappa shape index (κ1) is 32.6. The summed E-state index contributed by atoms with van der Waals surface area (Å²) < 4.78 is 7.10. The van der Waals surface area contributed by atoms with Gasteiger partial charge in [-0.15, -0.1) is 0 Å². The maximum atomic E-state index is 7.10. The van der Waals surface area contributed by atoms with Crippen LogP contribution >= 0.6 is 0 Å². The molecule has 0 spiro atoms. The summed E-state index contributed by atoms with van der Waals surface area (Å²) in [7, 11) is 0. The average Bonchev–Trinajstić information content (AvgIpc) is 3.67. The summed E-state index contributed by atoms with van der Waals surface area (Å²) in [5.74, 6) is 0. The lowest BCUT2D eigenvalue weighted by molar-refractivity contribution is 0.670. The van der Waals surface area contributed by atoms with Crippen LogP contribution in [-0.2, 0) is 0 Å². The van der Waals surface area contributed by atoms with Gasteiger partial charge in [0, 0.05) is 22.3 Å². The molecule has 0 atom stereocenters. The Balaban J connectivity index is 1.13. The maximum absolute atomic E-state index is 7.10. The smallest absolute Gasteiger partial charge is 0.143 e. The molecule has 0 radical (unpaired) electrons. The second kappa shape index (κ2) is 12.9. The summed E-state index contributed by atoms with van der Waals surface area (Å²) >= 11 is 0. The Hall–Kier alpha value is -7.68. The minimum absolute atomic E-state index is 0.855. The molecule has 58 heavy (non-hydrogen) atoms. The summed E-state index contributed by atoms with van der Waals surface area (Å²) in [6.45, 7) is 0. The molecule has 2 nitrogen and oxygen atoms in total. The predicted molar refractivity (Wildman–Crippen MR) is 247 cm³/mol. The van der Waals surface area contributed by atoms with Gasteiger partial charge in [-0.25, -0.2) is 0 Å². The van der Waals surface area contributed by atoms with Gasteiger partial charge in [0.15, 0.2) is 0 Å². The average molecular weight is 738 g/mol. The van der Waals surface area contributed by atoms with Gasteiger partial charge in [0.05, 0.1) is 11.1 Å². The van der Waals surface area contributed by atoms with Crippen molar-refractivity contribution in [2.24, 2.45) is 0 Å². The molecule has 0 bridgehead atoms. The second-order valence-electron chi connectivity index (χ2n) is 15.2. The van der Waals surface area contributed by atoms with Crippen molar-refractivity contribution in [1.29, 1.82) is 0 Å². The molecule has 12 rings (SSSR count). The molecular formula is C56H35NO. The van der Waals surface area contributed by atoms with E-state index >= 15 is 0 Å². The monoisotopic (exact) mass is 737 g/mol. The van der Waals surface area contributed by atoms with Crippen LogP contribution in [0.5, 0.6) is 0 Å². The van der Waals surface area contributed by atoms with E-state index in [1.807, 2.05) is 0 Å². The fourth-order valence-electron chi connectivity index (χ4n) is 9.32. The van der Waals surface area contributed by atoms with Crippen LogP contribution in [-0.4, -0.2) is 0 Å². The molecule has 0 aliphatic rings. The van der Waals surface area contributed by atoms with Crippen LogP contribution in [0.15, 0.2) is 217 Å². The third kappa shape index (κ3) is 5.05. The number of hydrogen-bond acceptors (Lipinski definition) is 2. The molecule has 1 heterocycles. The fourth-order valence-corrected chi connectivity index (χ4v) is 9.32. The first-order chi connectivity index (χ1) is 28.8. The Morgan fingerprint density at radius 1 is 0.310 bits per heavy atom. The van der Waals surface area contributed by atoms with Crippen molar-refractivity contribution in [3.63, 3.8) is 0 Å². The number of furan rings is 1. The lowest BCUT2D eigenvalue weighted by atomic mass is 9.90. The zero-order valence-electron chi connectivity index (χ0n) is 31.6. The molecule has 12 aromatic rings. The molecule has 270 valence electrons. The van der Waals surface area contributed by atoms with E-state index in [2.05, 4.69) is 217 Å². The molecule has 0 amide bonds. The number of benzene rings is 11. The van der Waals surface area contributed by atoms with Crippen molar-refractivity contribution in [3.05, 3.63) is 212 Å². The Bertz CT molecular complexity index is 3530. The van der Waals surface area contributed by atoms with Crippen LogP contribution in [0.4, 0.5) is 17.1 Å². The van der Waals surface area contributed by atoms with Crippen molar-refractivity contribution >= 4 is 92.9 Å². The van der Waals surface area contributed by atoms with Gasteiger partial charge in [0.1, 0.15) is 11.2 Å². The van der Waals surface area contributed by atoms with Crippen molar-refractivity contribution < 1.29 is 4.42 Å². The van der Waals surface area contributed by atoms with E-state index in [4.69, 9.17) is 4.42 Å². The molecule has 0 aliphatic carbocycles. The lowest BCUT2D eigenvalue weighted by Gasteiger charge is -2.27. The summed E-state index contributed by atoms with van der Waals surface area (Å²) in [6, 6.07) is 76.9. The molecule has 2 heteroatoms. The van der Waals surface area contributed by atoms with Crippen LogP contribution in [0.1, 0.15) is 0 Å². The van der Waals surface area contributed by atoms with Gasteiger partial charge in [-0.3, -0.25) is 0 Å². The van der Waals surface area contributed by atoms with E-state index in [1.165, 1.54) is 65.0 Å². The van der Waals surface area contributed by atoms with Gasteiger partial charge in [0.2, 0.25) is 0 Å². The third-order valence-electron chi connectivity index (χ3n) is 12.0. The topological polar surface area (TPSA) is 16.4 Å². The van der Waals surface area contributed by atoms with E-state index < -0.39 is 0 Å². The summed E-state index contributed by atoms with van der Waals surface area (Å²) in [5, 5.41) is 14.5. The SMILES string of the molecule is c1ccc(-c2ccc(N(c3ccc4ccccc4c3)c3cccc4oc5c(-c6ccc7c8ccccc8c8ccccc8c7c6)c6ccccc6cc5c34)cc2)cc1. The highest BCUT2D eigenvalue weighted by atomic mass is 16.3. The predicted octanol–water partition coefficient (Wildman–Crippen LogP) is 16.2. The molecule has 0 saturated heterocycles. The number of anilines is 3. The van der Waals surface area contributed by atoms with Crippen LogP contribution in [0.3, 0.4) is 0 Å². The zero-order chi connectivity index (χ0) is 38.2. The van der Waals surface area contributed by atoms with Crippen LogP contribution in [0.2, 0.25) is 0 Å². The number of hydrogen-bond donors (Lipinski definition) is 0. The maximum Gasteiger partial charge on any atom is 0.143 e. The first-order valence-corrected chi connectivity index (χ1v) is 19.9. The molecular weight excluding hydrogens is 703 g/mol. The van der Waals surface area contributed by atoms with Gasteiger partial charge in [0.25, 0.3) is 0 Å². The number of fused-ring (bicyclic) bond motifs is 11. The number of rotatable bonds is 5. The molecule has 0 fully saturated rings. The van der Waals surface area contributed by atoms with Crippen molar-refractivity contribution in [2.45, 2.75) is 0 Å². The highest BCUT2D eigenvalue weighted by Crippen LogP contribution is 2.48. The quantitative estimate of drug-likeness (QED) is 0.164. The molecule has 0 N–H and O–H groups in total. The van der Waals surface area contributed by atoms with E-state index in [-0.39, 0.29) is 0 Å². The molecule has 0 saturated carbocycles. The molecule has 0 unspecified atom stereocenters. The van der Waals surface area contributed by atoms with Crippen molar-refractivity contribution in [2.75, 3.05) is 4.90 Å². The summed E-state index contributed by atoms with van der Waals surface area (Å²) in [6.07, 6.45) is 0. The van der Waals surface area contributed by atoms with Crippen LogP contribution < -0.4 is 4.90 Å². The van der Waals surface area contributed by atoms with E-state index in [1.54, 1.807) is 0 Å². The van der Waals surface area contributed by atoms with Gasteiger partial charge in [-0.2, -0.15) is 0 Å². The van der Waals surface area contributed by atoms with E-state index in [9.17, 15) is 0 Å². The minimum Gasteiger partial charge on any atom is -0.455 e. The minimum atomic E-state index is 0.855. The standard InChI is InChI=1S/C56H35NO/c1-2-13-36(14-3-1)38-25-29-42(30-26-38)57(43-31-27-37-15-4-5-16-39(37)33-43)52-23-12-24-53-55(52)51-34-40-17-6-7-18-44(40)54(56(51)58-53)41-28-32-49-47-21-9-8-19-45(47)46-20-10-11-22-48(46)50(49)35-41/h1-35H. The van der Waals surface area contributed by atoms with Crippen molar-refractivity contribution in [1.82, 2.24) is 0 Å². The first-order valence-electron chi connectivity index (χ1n) is 19.9. The lowest BCUT2D eigenvalue weighted by Crippen LogP contribution is -2.10. The molecule has 1 aromatic heterocycles. The highest BCUT2D eigenvalue weighted by Gasteiger charge is 2.23. The van der Waals surface area contributed by atoms with Gasteiger partial charge < -0.3 is 9.32 Å². The van der Waals surface area contributed by atoms with Crippen LogP contribution in [0, 0.1) is 0 Å². The molecule has 0 aliphatic heterocycles. The van der Waals surface area contributed by atoms with E-state index in [0.29, 0.717) is 0 Å². The Morgan fingerprint density at radius 2 is 0.879 bits per heavy atom. The number of nitrogens with zero attached hydrogens (tertiary/aromatic N) is 1. The highest BCUT2D eigenvalue weighted by molar-refractivity contribution is 6.27. The Morgan fingerprint density at radius 3 is 1.62 bits per heavy atom. The summed E-state index contributed by atoms with van der Waals surface area (Å²) in [4.78, 5) is 2.39. The van der Waals surface area contributed by atoms with Crippen molar-refractivity contribution in [3.8, 4) is 22.3 Å². The van der Waals surface area contributed by atoms with Crippen LogP contribution in [0.25, 0.3) is 98.1 Å². The fraction of sp³-hybridized carbons (Fsp3) is 0.